The first kappa shape index (κ1) is 7.83. The van der Waals surface area contributed by atoms with Crippen molar-refractivity contribution in [2.24, 2.45) is 0 Å². The lowest BCUT2D eigenvalue weighted by molar-refractivity contribution is 1.44. The van der Waals surface area contributed by atoms with Crippen LogP contribution in [0.4, 0.5) is 0 Å². The number of nitrogens with zero attached hydrogens (tertiary/aromatic N) is 1. The lowest BCUT2D eigenvalue weighted by Crippen LogP contribution is -1.82. The topological polar surface area (TPSA) is 4.93 Å². The third kappa shape index (κ3) is 0.888. The van der Waals surface area contributed by atoms with E-state index in [1.54, 1.807) is 0 Å². The van der Waals surface area contributed by atoms with Gasteiger partial charge in [-0.2, -0.15) is 0 Å². The van der Waals surface area contributed by atoms with Gasteiger partial charge in [-0.05, 0) is 12.1 Å². The van der Waals surface area contributed by atoms with E-state index in [9.17, 15) is 0 Å². The van der Waals surface area contributed by atoms with E-state index in [4.69, 9.17) is 12.8 Å². The van der Waals surface area contributed by atoms with Gasteiger partial charge in [0.05, 0.1) is 0 Å². The summed E-state index contributed by atoms with van der Waals surface area (Å²) in [6.07, 6.45) is 0. The molecule has 3 rings (SSSR count). The molecule has 0 unspecified atom stereocenters. The monoisotopic (exact) mass is 198 g/mol. The van der Waals surface area contributed by atoms with E-state index in [1.165, 1.54) is 10.8 Å². The molecule has 1 nitrogen and oxygen atoms in total. The van der Waals surface area contributed by atoms with Gasteiger partial charge in [-0.15, -0.1) is 0 Å². The van der Waals surface area contributed by atoms with Crippen LogP contribution >= 0.6 is 0 Å². The standard InChI is InChI=1S/C12H8NS/c14-13-11-7-3-1-5-9(11)10-6-2-4-8-12(10)13/h1-8H/q-1. The summed E-state index contributed by atoms with van der Waals surface area (Å²) >= 11 is 5.35. The second-order valence-corrected chi connectivity index (χ2v) is 3.69. The number of hydrogen-bond acceptors (Lipinski definition) is 1. The highest BCUT2D eigenvalue weighted by Gasteiger charge is 2.01. The molecule has 0 bridgehead atoms. The molecule has 0 aliphatic carbocycles. The van der Waals surface area contributed by atoms with Crippen LogP contribution in [0.2, 0.25) is 0 Å². The van der Waals surface area contributed by atoms with Gasteiger partial charge in [0.25, 0.3) is 0 Å². The predicted molar refractivity (Wildman–Crippen MR) is 62.2 cm³/mol. The van der Waals surface area contributed by atoms with E-state index < -0.39 is 0 Å². The van der Waals surface area contributed by atoms with Crippen molar-refractivity contribution in [2.75, 3.05) is 0 Å². The van der Waals surface area contributed by atoms with E-state index in [0.29, 0.717) is 0 Å². The van der Waals surface area contributed by atoms with Gasteiger partial charge >= 0.3 is 0 Å². The number of fused-ring (bicyclic) bond motifs is 3. The molecule has 0 fully saturated rings. The Balaban J connectivity index is 2.69. The smallest absolute Gasteiger partial charge is 0.0298 e. The molecule has 0 radical (unpaired) electrons. The van der Waals surface area contributed by atoms with Crippen molar-refractivity contribution in [1.82, 2.24) is 3.97 Å². The van der Waals surface area contributed by atoms with Crippen molar-refractivity contribution in [1.29, 1.82) is 0 Å². The van der Waals surface area contributed by atoms with E-state index >= 15 is 0 Å². The molecule has 0 aliphatic rings. The molecule has 0 saturated heterocycles. The van der Waals surface area contributed by atoms with Crippen molar-refractivity contribution in [3.63, 3.8) is 0 Å². The minimum Gasteiger partial charge on any atom is -0.687 e. The Morgan fingerprint density at radius 2 is 1.14 bits per heavy atom. The van der Waals surface area contributed by atoms with Crippen LogP contribution in [0.3, 0.4) is 0 Å². The fourth-order valence-corrected chi connectivity index (χ4v) is 2.21. The van der Waals surface area contributed by atoms with Crippen LogP contribution in [0.25, 0.3) is 21.8 Å². The van der Waals surface area contributed by atoms with Crippen molar-refractivity contribution in [3.05, 3.63) is 48.5 Å². The highest BCUT2D eigenvalue weighted by atomic mass is 32.1. The Morgan fingerprint density at radius 3 is 1.64 bits per heavy atom. The molecular weight excluding hydrogens is 190 g/mol. The van der Waals surface area contributed by atoms with Crippen LogP contribution < -0.4 is 0 Å². The molecule has 1 aromatic heterocycles. The Labute approximate surface area is 87.5 Å². The largest absolute Gasteiger partial charge is 0.687 e. The molecule has 3 aromatic rings. The van der Waals surface area contributed by atoms with E-state index in [2.05, 4.69) is 24.3 Å². The maximum absolute atomic E-state index is 5.35. The van der Waals surface area contributed by atoms with Crippen LogP contribution in [-0.4, -0.2) is 3.97 Å². The Morgan fingerprint density at radius 1 is 0.714 bits per heavy atom. The first-order chi connectivity index (χ1) is 6.88. The van der Waals surface area contributed by atoms with E-state index in [1.807, 2.05) is 28.2 Å². The highest BCUT2D eigenvalue weighted by molar-refractivity contribution is 7.57. The normalized spacial score (nSPS) is 11.1. The molecule has 68 valence electrons. The van der Waals surface area contributed by atoms with Crippen molar-refractivity contribution < 1.29 is 0 Å². The van der Waals surface area contributed by atoms with E-state index in [-0.39, 0.29) is 0 Å². The number of hydrogen-bond donors (Lipinski definition) is 0. The van der Waals surface area contributed by atoms with Crippen molar-refractivity contribution in [2.45, 2.75) is 0 Å². The lowest BCUT2D eigenvalue weighted by atomic mass is 10.2. The van der Waals surface area contributed by atoms with Crippen molar-refractivity contribution >= 4 is 34.6 Å². The molecule has 0 amide bonds. The van der Waals surface area contributed by atoms with Crippen molar-refractivity contribution in [3.8, 4) is 0 Å². The molecule has 0 atom stereocenters. The Kier molecular flexibility index (Phi) is 1.52. The van der Waals surface area contributed by atoms with Crippen LogP contribution in [0.15, 0.2) is 48.5 Å². The Hall–Kier alpha value is -1.54. The van der Waals surface area contributed by atoms with E-state index in [0.717, 1.165) is 11.0 Å². The zero-order valence-electron chi connectivity index (χ0n) is 7.47. The molecule has 0 N–H and O–H groups in total. The molecule has 14 heavy (non-hydrogen) atoms. The van der Waals surface area contributed by atoms with Crippen LogP contribution in [-0.2, 0) is 12.8 Å². The van der Waals surface area contributed by atoms with Gasteiger partial charge in [0.15, 0.2) is 0 Å². The van der Waals surface area contributed by atoms with Gasteiger partial charge in [-0.25, -0.2) is 0 Å². The summed E-state index contributed by atoms with van der Waals surface area (Å²) in [6, 6.07) is 16.5. The number of rotatable bonds is 0. The average molecular weight is 198 g/mol. The zero-order valence-corrected chi connectivity index (χ0v) is 8.29. The van der Waals surface area contributed by atoms with Gasteiger partial charge in [0, 0.05) is 21.8 Å². The summed E-state index contributed by atoms with van der Waals surface area (Å²) in [5.74, 6) is 0. The lowest BCUT2D eigenvalue weighted by Gasteiger charge is -2.10. The quantitative estimate of drug-likeness (QED) is 0.502. The summed E-state index contributed by atoms with van der Waals surface area (Å²) < 4.78 is 1.82. The molecular formula is C12H8NS-. The maximum Gasteiger partial charge on any atom is 0.0298 e. The Bertz CT molecular complexity index is 557. The first-order valence-electron chi connectivity index (χ1n) is 4.53. The zero-order chi connectivity index (χ0) is 9.54. The fourth-order valence-electron chi connectivity index (χ4n) is 1.89. The third-order valence-electron chi connectivity index (χ3n) is 2.54. The highest BCUT2D eigenvalue weighted by Crippen LogP contribution is 2.27. The molecule has 2 heteroatoms. The van der Waals surface area contributed by atoms with Gasteiger partial charge < -0.3 is 16.8 Å². The number of benzene rings is 2. The predicted octanol–water partition coefficient (Wildman–Crippen LogP) is 3.10. The number of para-hydroxylation sites is 2. The second kappa shape index (κ2) is 2.72. The average Bonchev–Trinajstić information content (AvgIpc) is 2.55. The summed E-state index contributed by atoms with van der Waals surface area (Å²) in [7, 11) is 0. The fraction of sp³-hybridized carbons (Fsp3) is 0. The molecule has 2 aromatic carbocycles. The summed E-state index contributed by atoms with van der Waals surface area (Å²) in [6.45, 7) is 0. The summed E-state index contributed by atoms with van der Waals surface area (Å²) in [4.78, 5) is 0. The minimum absolute atomic E-state index is 1.11. The summed E-state index contributed by atoms with van der Waals surface area (Å²) in [5, 5.41) is 2.47. The third-order valence-corrected chi connectivity index (χ3v) is 2.93. The van der Waals surface area contributed by atoms with Gasteiger partial charge in [-0.3, -0.25) is 0 Å². The van der Waals surface area contributed by atoms with Crippen LogP contribution in [0.1, 0.15) is 0 Å². The minimum atomic E-state index is 1.11. The maximum atomic E-state index is 5.35. The molecule has 1 heterocycles. The first-order valence-corrected chi connectivity index (χ1v) is 4.90. The van der Waals surface area contributed by atoms with Crippen LogP contribution in [0, 0.1) is 0 Å². The molecule has 0 aliphatic heterocycles. The summed E-state index contributed by atoms with van der Waals surface area (Å²) in [5.41, 5.74) is 2.23. The van der Waals surface area contributed by atoms with Gasteiger partial charge in [0.1, 0.15) is 0 Å². The molecule has 0 saturated carbocycles. The van der Waals surface area contributed by atoms with Gasteiger partial charge in [0.2, 0.25) is 0 Å². The van der Waals surface area contributed by atoms with Crippen LogP contribution in [0.5, 0.6) is 0 Å². The molecule has 0 spiro atoms. The SMILES string of the molecule is [S-]n1c2ccccc2c2ccccc21. The number of aromatic nitrogens is 1. The second-order valence-electron chi connectivity index (χ2n) is 3.33. The van der Waals surface area contributed by atoms with Gasteiger partial charge in [-0.1, -0.05) is 36.4 Å².